The Labute approximate surface area is 233 Å². The fourth-order valence-corrected chi connectivity index (χ4v) is 5.83. The molecule has 1 aromatic carbocycles. The van der Waals surface area contributed by atoms with E-state index < -0.39 is 17.6 Å². The fourth-order valence-electron chi connectivity index (χ4n) is 5.83. The maximum absolute atomic E-state index is 13.0. The average Bonchev–Trinajstić information content (AvgIpc) is 3.25. The molecule has 0 saturated carbocycles. The van der Waals surface area contributed by atoms with Crippen molar-refractivity contribution in [2.24, 2.45) is 21.7 Å². The summed E-state index contributed by atoms with van der Waals surface area (Å²) >= 11 is 0. The number of benzene rings is 1. The molecule has 212 valence electrons. The van der Waals surface area contributed by atoms with E-state index in [0.29, 0.717) is 24.5 Å². The highest BCUT2D eigenvalue weighted by molar-refractivity contribution is 6.05. The van der Waals surface area contributed by atoms with Gasteiger partial charge in [-0.15, -0.1) is 4.59 Å². The molecule has 10 nitrogen and oxygen atoms in total. The molecule has 1 unspecified atom stereocenters. The van der Waals surface area contributed by atoms with Crippen molar-refractivity contribution in [1.29, 1.82) is 0 Å². The smallest absolute Gasteiger partial charge is 0.337 e. The number of piperazine rings is 1. The zero-order valence-electron chi connectivity index (χ0n) is 22.2. The van der Waals surface area contributed by atoms with Gasteiger partial charge in [0.2, 0.25) is 11.6 Å². The number of hydrogen-bond acceptors (Lipinski definition) is 7. The van der Waals surface area contributed by atoms with Gasteiger partial charge in [0.25, 0.3) is 11.7 Å². The van der Waals surface area contributed by atoms with Crippen molar-refractivity contribution in [3.63, 3.8) is 0 Å². The van der Waals surface area contributed by atoms with E-state index in [0.717, 1.165) is 49.1 Å². The van der Waals surface area contributed by atoms with Crippen LogP contribution < -0.4 is 11.2 Å². The van der Waals surface area contributed by atoms with E-state index >= 15 is 0 Å². The number of alkyl halides is 3. The largest absolute Gasteiger partial charge is 0.416 e. The number of aromatic nitrogens is 1. The van der Waals surface area contributed by atoms with Crippen molar-refractivity contribution in [3.05, 3.63) is 83.1 Å². The number of amides is 2. The van der Waals surface area contributed by atoms with Crippen molar-refractivity contribution in [2.45, 2.75) is 25.1 Å². The van der Waals surface area contributed by atoms with E-state index in [1.165, 1.54) is 0 Å². The lowest BCUT2D eigenvalue weighted by Crippen LogP contribution is -2.58. The van der Waals surface area contributed by atoms with Crippen LogP contribution in [0.4, 0.5) is 19.0 Å². The molecule has 4 aliphatic rings. The van der Waals surface area contributed by atoms with Gasteiger partial charge in [-0.25, -0.2) is 4.98 Å². The van der Waals surface area contributed by atoms with Crippen LogP contribution in [0.25, 0.3) is 0 Å². The van der Waals surface area contributed by atoms with Gasteiger partial charge in [0, 0.05) is 36.8 Å². The summed E-state index contributed by atoms with van der Waals surface area (Å²) in [5.41, 5.74) is 1.50. The Balaban J connectivity index is 1.23. The maximum Gasteiger partial charge on any atom is 0.416 e. The Kier molecular flexibility index (Phi) is 6.59. The predicted molar refractivity (Wildman–Crippen MR) is 145 cm³/mol. The maximum atomic E-state index is 13.0. The molecule has 3 N–H and O–H groups in total. The second kappa shape index (κ2) is 10.0. The molecule has 0 spiro atoms. The summed E-state index contributed by atoms with van der Waals surface area (Å²) in [5.74, 6) is 6.71. The van der Waals surface area contributed by atoms with E-state index in [1.807, 2.05) is 11.9 Å². The number of likely N-dealkylation sites (N-methyl/N-ethyl adjacent to an activating group) is 1. The molecule has 1 aromatic heterocycles. The van der Waals surface area contributed by atoms with Crippen LogP contribution in [0.3, 0.4) is 0 Å². The van der Waals surface area contributed by atoms with Crippen LogP contribution in [0, 0.1) is 5.92 Å². The summed E-state index contributed by atoms with van der Waals surface area (Å²) in [4.78, 5) is 42.6. The molecular formula is C28H28F3N8O2+. The standard InChI is InChI=1S/C28H27F3N8O2/c1-37-15-21-7-6-19(14-38(21)24(40)16-37)25-22-13-33-10-11-39(22,32)26(36-25)17-2-4-18(5-3-17)27(41)35-23-12-20(8-9-34-23)28(29,30)31/h2-5,8-13,19,21H,6-7,14-16,32H2,1H3/p+1/t19-,21+,39?/m0/s1. The van der Waals surface area contributed by atoms with Gasteiger partial charge < -0.3 is 10.2 Å². The van der Waals surface area contributed by atoms with Gasteiger partial charge in [-0.2, -0.15) is 24.0 Å². The van der Waals surface area contributed by atoms with Crippen LogP contribution in [0.1, 0.15) is 34.3 Å². The van der Waals surface area contributed by atoms with Gasteiger partial charge in [0.15, 0.2) is 0 Å². The highest BCUT2D eigenvalue weighted by atomic mass is 19.4. The zero-order valence-corrected chi connectivity index (χ0v) is 22.2. The molecule has 0 radical (unpaired) electrons. The van der Waals surface area contributed by atoms with E-state index in [9.17, 15) is 22.8 Å². The van der Waals surface area contributed by atoms with Gasteiger partial charge in [-0.3, -0.25) is 19.5 Å². The zero-order chi connectivity index (χ0) is 28.9. The lowest BCUT2D eigenvalue weighted by Gasteiger charge is -2.45. The third-order valence-corrected chi connectivity index (χ3v) is 7.90. The minimum Gasteiger partial charge on any atom is -0.337 e. The quantitative estimate of drug-likeness (QED) is 0.437. The third-order valence-electron chi connectivity index (χ3n) is 7.90. The third kappa shape index (κ3) is 4.96. The van der Waals surface area contributed by atoms with Crippen molar-refractivity contribution in [3.8, 4) is 0 Å². The average molecular weight is 566 g/mol. The molecular weight excluding hydrogens is 537 g/mol. The minimum atomic E-state index is -4.55. The van der Waals surface area contributed by atoms with Crippen molar-refractivity contribution < 1.29 is 27.4 Å². The van der Waals surface area contributed by atoms with E-state index in [1.54, 1.807) is 42.9 Å². The Morgan fingerprint density at radius 2 is 1.93 bits per heavy atom. The van der Waals surface area contributed by atoms with Gasteiger partial charge in [0.1, 0.15) is 17.7 Å². The first-order valence-electron chi connectivity index (χ1n) is 13.2. The van der Waals surface area contributed by atoms with E-state index in [4.69, 9.17) is 10.8 Å². The number of rotatable bonds is 4. The Morgan fingerprint density at radius 3 is 2.68 bits per heavy atom. The molecule has 3 atom stereocenters. The van der Waals surface area contributed by atoms with Crippen LogP contribution in [0.2, 0.25) is 0 Å². The first-order valence-corrected chi connectivity index (χ1v) is 13.2. The Bertz CT molecular complexity index is 1530. The second-order valence-electron chi connectivity index (χ2n) is 10.7. The highest BCUT2D eigenvalue weighted by Crippen LogP contribution is 2.39. The number of piperidine rings is 1. The molecule has 0 bridgehead atoms. The van der Waals surface area contributed by atoms with E-state index in [-0.39, 0.29) is 33.8 Å². The first kappa shape index (κ1) is 27.0. The topological polar surface area (TPSA) is 116 Å². The van der Waals surface area contributed by atoms with E-state index in [2.05, 4.69) is 20.2 Å². The number of quaternary nitrogens is 1. The number of carbonyl (C=O) groups excluding carboxylic acids is 2. The number of nitrogens with zero attached hydrogens (tertiary/aromatic N) is 6. The fraction of sp³-hybridized carbons (Fsp3) is 0.321. The number of aliphatic imine (C=N–C) groups is 2. The van der Waals surface area contributed by atoms with Crippen LogP contribution in [0.15, 0.2) is 76.4 Å². The molecule has 2 amide bonds. The predicted octanol–water partition coefficient (Wildman–Crippen LogP) is 3.12. The minimum absolute atomic E-state index is 0.00452. The summed E-state index contributed by atoms with van der Waals surface area (Å²) in [5, 5.41) is 2.41. The molecule has 5 heterocycles. The summed E-state index contributed by atoms with van der Waals surface area (Å²) in [6, 6.07) is 8.31. The number of nitrogens with two attached hydrogens (primary N) is 1. The molecule has 41 heavy (non-hydrogen) atoms. The highest BCUT2D eigenvalue weighted by Gasteiger charge is 2.47. The van der Waals surface area contributed by atoms with Crippen LogP contribution in [-0.2, 0) is 11.0 Å². The molecule has 2 aromatic rings. The monoisotopic (exact) mass is 565 g/mol. The molecule has 2 saturated heterocycles. The lowest BCUT2D eigenvalue weighted by atomic mass is 9.88. The molecule has 0 aliphatic carbocycles. The first-order chi connectivity index (χ1) is 19.5. The Morgan fingerprint density at radius 1 is 1.15 bits per heavy atom. The van der Waals surface area contributed by atoms with Crippen molar-refractivity contribution >= 4 is 29.7 Å². The van der Waals surface area contributed by atoms with Gasteiger partial charge in [0.05, 0.1) is 30.1 Å². The summed E-state index contributed by atoms with van der Waals surface area (Å²) in [6.07, 6.45) is 3.20. The molecule has 2 fully saturated rings. The lowest BCUT2D eigenvalue weighted by molar-refractivity contribution is -0.750. The number of fused-ring (bicyclic) bond motifs is 2. The van der Waals surface area contributed by atoms with Crippen molar-refractivity contribution in [2.75, 3.05) is 32.0 Å². The van der Waals surface area contributed by atoms with Gasteiger partial charge in [-0.05, 0) is 56.3 Å². The van der Waals surface area contributed by atoms with Crippen LogP contribution in [-0.4, -0.2) is 76.0 Å². The number of carbonyl (C=O) groups is 2. The second-order valence-corrected chi connectivity index (χ2v) is 10.7. The summed E-state index contributed by atoms with van der Waals surface area (Å²) in [7, 11) is 1.96. The van der Waals surface area contributed by atoms with Gasteiger partial charge in [-0.1, -0.05) is 0 Å². The number of halogens is 3. The molecule has 4 aliphatic heterocycles. The van der Waals surface area contributed by atoms with Crippen molar-refractivity contribution in [1.82, 2.24) is 14.8 Å². The summed E-state index contributed by atoms with van der Waals surface area (Å²) < 4.78 is 38.9. The normalized spacial score (nSPS) is 26.1. The number of hydrogen-bond donors (Lipinski definition) is 2. The Hall–Kier alpha value is -4.20. The van der Waals surface area contributed by atoms with Crippen LogP contribution >= 0.6 is 0 Å². The van der Waals surface area contributed by atoms with Crippen LogP contribution in [0.5, 0.6) is 0 Å². The summed E-state index contributed by atoms with van der Waals surface area (Å²) in [6.45, 7) is 1.81. The number of pyridine rings is 1. The van der Waals surface area contributed by atoms with Gasteiger partial charge >= 0.3 is 6.18 Å². The number of anilines is 1. The number of amidine groups is 1. The molecule has 13 heteroatoms. The molecule has 6 rings (SSSR count). The SMILES string of the molecule is CN1CC(=O)N2C[C@@H](C3=C4C=NC=C[N+]4(N)C(c4ccc(C(=O)Nc5cc(C(F)(F)F)ccn5)cc4)=N3)CC[C@@H]2C1. The number of allylic oxidation sites excluding steroid dienone is 1. The number of nitrogens with one attached hydrogen (secondary N) is 1.